The number of hydrogen-bond acceptors (Lipinski definition) is 8. The van der Waals surface area contributed by atoms with Gasteiger partial charge >= 0.3 is 6.01 Å². The minimum absolute atomic E-state index is 0.0720. The van der Waals surface area contributed by atoms with E-state index in [4.69, 9.17) is 16.1 Å². The van der Waals surface area contributed by atoms with Crippen LogP contribution in [0.25, 0.3) is 32.9 Å². The molecule has 1 N–H and O–H groups in total. The number of nitrogens with one attached hydrogen (secondary N) is 1. The minimum Gasteiger partial charge on any atom is -0.463 e. The summed E-state index contributed by atoms with van der Waals surface area (Å²) in [5.41, 5.74) is 0.825. The van der Waals surface area contributed by atoms with Crippen LogP contribution in [0.2, 0.25) is 0 Å². The summed E-state index contributed by atoms with van der Waals surface area (Å²) >= 11 is 2.01. The largest absolute Gasteiger partial charge is 0.463 e. The number of benzene rings is 2. The van der Waals surface area contributed by atoms with E-state index in [1.54, 1.807) is 24.4 Å². The van der Waals surface area contributed by atoms with Crippen molar-refractivity contribution in [3.8, 4) is 29.6 Å². The monoisotopic (exact) mass is 612 g/mol. The van der Waals surface area contributed by atoms with Gasteiger partial charge in [0.1, 0.15) is 22.8 Å². The molecule has 226 valence electrons. The fraction of sp³-hybridized carbons (Fsp3) is 0.441. The molecule has 8 rings (SSSR count). The van der Waals surface area contributed by atoms with Crippen molar-refractivity contribution in [3.05, 3.63) is 53.7 Å². The second-order valence-electron chi connectivity index (χ2n) is 12.7. The molecule has 2 bridgehead atoms. The van der Waals surface area contributed by atoms with Crippen molar-refractivity contribution in [2.24, 2.45) is 5.41 Å². The van der Waals surface area contributed by atoms with E-state index < -0.39 is 11.6 Å². The highest BCUT2D eigenvalue weighted by molar-refractivity contribution is 7.99. The van der Waals surface area contributed by atoms with Crippen LogP contribution >= 0.6 is 11.8 Å². The molecule has 2 aromatic carbocycles. The average molecular weight is 613 g/mol. The van der Waals surface area contributed by atoms with Crippen LogP contribution in [0.1, 0.15) is 31.2 Å². The van der Waals surface area contributed by atoms with Gasteiger partial charge in [-0.25, -0.2) is 8.78 Å². The van der Waals surface area contributed by atoms with Gasteiger partial charge in [-0.2, -0.15) is 21.7 Å². The highest BCUT2D eigenvalue weighted by Crippen LogP contribution is 2.47. The molecule has 2 atom stereocenters. The predicted molar refractivity (Wildman–Crippen MR) is 171 cm³/mol. The third kappa shape index (κ3) is 5.05. The number of halogens is 2. The molecule has 1 aliphatic carbocycles. The maximum absolute atomic E-state index is 16.7. The summed E-state index contributed by atoms with van der Waals surface area (Å²) < 4.78 is 37.8. The van der Waals surface area contributed by atoms with Gasteiger partial charge in [0, 0.05) is 78.9 Å². The molecule has 0 amide bonds. The van der Waals surface area contributed by atoms with Crippen LogP contribution in [0.3, 0.4) is 0 Å². The molecule has 4 aliphatic rings. The van der Waals surface area contributed by atoms with Gasteiger partial charge in [0.15, 0.2) is 5.82 Å². The Morgan fingerprint density at radius 3 is 2.61 bits per heavy atom. The number of aromatic nitrogens is 3. The Labute approximate surface area is 259 Å². The van der Waals surface area contributed by atoms with Gasteiger partial charge < -0.3 is 19.9 Å². The van der Waals surface area contributed by atoms with Gasteiger partial charge in [-0.1, -0.05) is 30.2 Å². The summed E-state index contributed by atoms with van der Waals surface area (Å²) in [4.78, 5) is 18.9. The van der Waals surface area contributed by atoms with Crippen LogP contribution in [0, 0.1) is 29.4 Å². The molecule has 0 spiro atoms. The molecule has 10 heteroatoms. The molecular formula is C34H34F2N6OS. The molecule has 0 unspecified atom stereocenters. The first-order valence-electron chi connectivity index (χ1n) is 15.5. The molecule has 0 radical (unpaired) electrons. The third-order valence-corrected chi connectivity index (χ3v) is 10.6. The fourth-order valence-electron chi connectivity index (χ4n) is 7.15. The van der Waals surface area contributed by atoms with E-state index in [0.717, 1.165) is 58.4 Å². The lowest BCUT2D eigenvalue weighted by Gasteiger charge is -2.34. The highest BCUT2D eigenvalue weighted by Gasteiger charge is 2.45. The summed E-state index contributed by atoms with van der Waals surface area (Å²) in [6.07, 6.45) is 11.8. The summed E-state index contributed by atoms with van der Waals surface area (Å²) in [5, 5.41) is 5.37. The quantitative estimate of drug-likeness (QED) is 0.284. The minimum atomic E-state index is -0.596. The maximum atomic E-state index is 16.7. The van der Waals surface area contributed by atoms with Crippen LogP contribution in [-0.2, 0) is 0 Å². The molecule has 4 aromatic rings. The van der Waals surface area contributed by atoms with Crippen molar-refractivity contribution in [2.75, 3.05) is 55.7 Å². The van der Waals surface area contributed by atoms with Crippen molar-refractivity contribution in [3.63, 3.8) is 0 Å². The van der Waals surface area contributed by atoms with E-state index >= 15 is 4.39 Å². The van der Waals surface area contributed by atoms with Crippen LogP contribution in [0.4, 0.5) is 14.6 Å². The number of rotatable bonds is 7. The number of nitrogens with zero attached hydrogens (tertiary/aromatic N) is 5. The molecular weight excluding hydrogens is 578 g/mol. The Balaban J connectivity index is 1.21. The Kier molecular flexibility index (Phi) is 7.08. The molecule has 3 aliphatic heterocycles. The van der Waals surface area contributed by atoms with Crippen molar-refractivity contribution in [1.82, 2.24) is 25.2 Å². The van der Waals surface area contributed by atoms with E-state index in [1.165, 1.54) is 17.6 Å². The topological polar surface area (TPSA) is 66.4 Å². The van der Waals surface area contributed by atoms with Crippen LogP contribution < -0.4 is 15.0 Å². The zero-order valence-electron chi connectivity index (χ0n) is 24.5. The Morgan fingerprint density at radius 1 is 1.07 bits per heavy atom. The average Bonchev–Trinajstić information content (AvgIpc) is 3.73. The van der Waals surface area contributed by atoms with Gasteiger partial charge in [0.25, 0.3) is 0 Å². The standard InChI is InChI=1S/C34H34F2N6OS/c1-2-24-27(35)9-6-21-4-3-5-25(28(21)24)30-29(36)31-26(16-37-30)32(42-17-22-7-8-23(18-42)38-22)40-33(39-31)43-20-34(10-11-34)19-41-12-14-44-15-13-41/h1,3-6,9,16,22-23,38H,7-8,10-15,17-20H2/t22-,23+. The van der Waals surface area contributed by atoms with E-state index in [2.05, 4.69) is 31.0 Å². The lowest BCUT2D eigenvalue weighted by Crippen LogP contribution is -2.51. The zero-order valence-corrected chi connectivity index (χ0v) is 25.3. The summed E-state index contributed by atoms with van der Waals surface area (Å²) in [5.74, 6) is 4.32. The molecule has 44 heavy (non-hydrogen) atoms. The number of fused-ring (bicyclic) bond motifs is 4. The van der Waals surface area contributed by atoms with Gasteiger partial charge in [-0.05, 0) is 37.1 Å². The lowest BCUT2D eigenvalue weighted by molar-refractivity contribution is 0.161. The number of piperazine rings is 1. The first kappa shape index (κ1) is 28.0. The number of terminal acetylenes is 1. The predicted octanol–water partition coefficient (Wildman–Crippen LogP) is 5.25. The van der Waals surface area contributed by atoms with Gasteiger partial charge in [-0.15, -0.1) is 6.42 Å². The van der Waals surface area contributed by atoms with Gasteiger partial charge in [0.2, 0.25) is 0 Å². The zero-order chi connectivity index (χ0) is 29.8. The molecule has 2 aromatic heterocycles. The van der Waals surface area contributed by atoms with Crippen molar-refractivity contribution in [2.45, 2.75) is 37.8 Å². The normalized spacial score (nSPS) is 22.8. The van der Waals surface area contributed by atoms with Crippen LogP contribution in [-0.4, -0.2) is 82.8 Å². The lowest BCUT2D eigenvalue weighted by atomic mass is 9.96. The van der Waals surface area contributed by atoms with Crippen molar-refractivity contribution < 1.29 is 13.5 Å². The highest BCUT2D eigenvalue weighted by atomic mass is 32.2. The Bertz CT molecular complexity index is 1790. The Morgan fingerprint density at radius 2 is 1.86 bits per heavy atom. The fourth-order valence-corrected chi connectivity index (χ4v) is 8.13. The first-order valence-corrected chi connectivity index (χ1v) is 16.6. The molecule has 1 saturated carbocycles. The van der Waals surface area contributed by atoms with Crippen molar-refractivity contribution in [1.29, 1.82) is 0 Å². The van der Waals surface area contributed by atoms with E-state index in [-0.39, 0.29) is 28.2 Å². The third-order valence-electron chi connectivity index (χ3n) is 9.68. The molecule has 5 heterocycles. The van der Waals surface area contributed by atoms with Gasteiger partial charge in [0.05, 0.1) is 17.6 Å². The van der Waals surface area contributed by atoms with E-state index in [0.29, 0.717) is 46.2 Å². The number of thioether (sulfide) groups is 1. The molecule has 4 fully saturated rings. The van der Waals surface area contributed by atoms with Crippen LogP contribution in [0.15, 0.2) is 36.5 Å². The molecule has 3 saturated heterocycles. The second kappa shape index (κ2) is 11.1. The summed E-state index contributed by atoms with van der Waals surface area (Å²) in [6.45, 7) is 5.27. The van der Waals surface area contributed by atoms with Gasteiger partial charge in [-0.3, -0.25) is 4.98 Å². The summed E-state index contributed by atoms with van der Waals surface area (Å²) in [6, 6.07) is 9.26. The number of hydrogen-bond donors (Lipinski definition) is 1. The van der Waals surface area contributed by atoms with E-state index in [1.807, 2.05) is 17.8 Å². The van der Waals surface area contributed by atoms with Crippen molar-refractivity contribution >= 4 is 39.3 Å². The number of anilines is 1. The first-order chi connectivity index (χ1) is 21.5. The molecule has 7 nitrogen and oxygen atoms in total. The van der Waals surface area contributed by atoms with E-state index in [9.17, 15) is 4.39 Å². The Hall–Kier alpha value is -3.52. The number of pyridine rings is 1. The number of ether oxygens (including phenoxy) is 1. The SMILES string of the molecule is C#Cc1c(F)ccc2cccc(-c3ncc4c(N5C[C@H]6CC[C@@H](C5)N6)nc(OCC5(CN6CCSCC6)CC5)nc4c3F)c12. The summed E-state index contributed by atoms with van der Waals surface area (Å²) in [7, 11) is 0. The van der Waals surface area contributed by atoms with Crippen LogP contribution in [0.5, 0.6) is 6.01 Å². The maximum Gasteiger partial charge on any atom is 0.319 e. The smallest absolute Gasteiger partial charge is 0.319 e. The second-order valence-corrected chi connectivity index (χ2v) is 13.9.